The van der Waals surface area contributed by atoms with Crippen LogP contribution in [0.5, 0.6) is 5.75 Å². The lowest BCUT2D eigenvalue weighted by Gasteiger charge is -2.09. The first kappa shape index (κ1) is 17.7. The van der Waals surface area contributed by atoms with Crippen LogP contribution in [0, 0.1) is 11.3 Å². The summed E-state index contributed by atoms with van der Waals surface area (Å²) < 4.78 is 6.59. The Morgan fingerprint density at radius 2 is 1.79 bits per heavy atom. The van der Waals surface area contributed by atoms with E-state index in [-0.39, 0.29) is 12.5 Å². The molecular weight excluding hydrogens is 370 g/mol. The van der Waals surface area contributed by atoms with Crippen molar-refractivity contribution in [1.82, 2.24) is 4.98 Å². The Labute approximate surface area is 165 Å². The van der Waals surface area contributed by atoms with Crippen LogP contribution in [0.2, 0.25) is 0 Å². The normalized spacial score (nSPS) is 10.4. The molecule has 0 unspecified atom stereocenters. The molecule has 28 heavy (non-hydrogen) atoms. The van der Waals surface area contributed by atoms with Gasteiger partial charge in [0.05, 0.1) is 15.8 Å². The number of carbonyl (C=O) groups is 1. The van der Waals surface area contributed by atoms with Gasteiger partial charge in [-0.25, -0.2) is 4.98 Å². The number of nitrogens with zero attached hydrogens (tertiary/aromatic N) is 2. The number of amides is 1. The number of ether oxygens (including phenoxy) is 1. The predicted octanol–water partition coefficient (Wildman–Crippen LogP) is 4.85. The number of aromatic nitrogens is 1. The largest absolute Gasteiger partial charge is 0.482 e. The SMILES string of the molecule is N#Cc1ccccc1OCC(=O)Nc1ccc(-c2nc3ccccc3s2)cc1. The Balaban J connectivity index is 1.40. The maximum absolute atomic E-state index is 12.1. The number of fused-ring (bicyclic) bond motifs is 1. The van der Waals surface area contributed by atoms with E-state index < -0.39 is 0 Å². The van der Waals surface area contributed by atoms with Crippen LogP contribution < -0.4 is 10.1 Å². The summed E-state index contributed by atoms with van der Waals surface area (Å²) in [5.41, 5.74) is 3.05. The van der Waals surface area contributed by atoms with Crippen molar-refractivity contribution in [1.29, 1.82) is 5.26 Å². The molecule has 1 amide bonds. The third-order valence-electron chi connectivity index (χ3n) is 4.08. The van der Waals surface area contributed by atoms with Crippen molar-refractivity contribution in [3.05, 3.63) is 78.4 Å². The Morgan fingerprint density at radius 1 is 1.04 bits per heavy atom. The van der Waals surface area contributed by atoms with E-state index in [0.717, 1.165) is 20.8 Å². The van der Waals surface area contributed by atoms with Crippen molar-refractivity contribution in [2.75, 3.05) is 11.9 Å². The van der Waals surface area contributed by atoms with E-state index >= 15 is 0 Å². The Kier molecular flexibility index (Phi) is 5.00. The highest BCUT2D eigenvalue weighted by atomic mass is 32.1. The van der Waals surface area contributed by atoms with Gasteiger partial charge in [0.25, 0.3) is 5.91 Å². The van der Waals surface area contributed by atoms with Crippen molar-refractivity contribution in [2.45, 2.75) is 0 Å². The van der Waals surface area contributed by atoms with Gasteiger partial charge >= 0.3 is 0 Å². The second-order valence-electron chi connectivity index (χ2n) is 6.01. The number of carbonyl (C=O) groups excluding carboxylic acids is 1. The predicted molar refractivity (Wildman–Crippen MR) is 110 cm³/mol. The van der Waals surface area contributed by atoms with Gasteiger partial charge in [0.1, 0.15) is 16.8 Å². The van der Waals surface area contributed by atoms with Gasteiger partial charge in [-0.3, -0.25) is 4.79 Å². The molecule has 1 heterocycles. The molecule has 0 radical (unpaired) electrons. The molecule has 4 rings (SSSR count). The zero-order chi connectivity index (χ0) is 19.3. The number of anilines is 1. The van der Waals surface area contributed by atoms with E-state index in [0.29, 0.717) is 17.0 Å². The second kappa shape index (κ2) is 7.91. The third kappa shape index (κ3) is 3.85. The lowest BCUT2D eigenvalue weighted by atomic mass is 10.2. The first-order valence-electron chi connectivity index (χ1n) is 8.61. The molecule has 3 aromatic carbocycles. The molecule has 1 N–H and O–H groups in total. The van der Waals surface area contributed by atoms with E-state index in [9.17, 15) is 4.79 Å². The summed E-state index contributed by atoms with van der Waals surface area (Å²) in [6.45, 7) is -0.168. The maximum atomic E-state index is 12.1. The van der Waals surface area contributed by atoms with Crippen LogP contribution in [0.25, 0.3) is 20.8 Å². The van der Waals surface area contributed by atoms with Crippen LogP contribution in [0.1, 0.15) is 5.56 Å². The summed E-state index contributed by atoms with van der Waals surface area (Å²) in [4.78, 5) is 16.8. The van der Waals surface area contributed by atoms with Gasteiger partial charge in [0, 0.05) is 11.3 Å². The molecule has 0 saturated heterocycles. The summed E-state index contributed by atoms with van der Waals surface area (Å²) in [5, 5.41) is 12.8. The van der Waals surface area contributed by atoms with Gasteiger partial charge in [-0.1, -0.05) is 24.3 Å². The Bertz CT molecular complexity index is 1140. The highest BCUT2D eigenvalue weighted by molar-refractivity contribution is 7.21. The van der Waals surface area contributed by atoms with Gasteiger partial charge < -0.3 is 10.1 Å². The Hall–Kier alpha value is -3.69. The number of nitrogens with one attached hydrogen (secondary N) is 1. The second-order valence-corrected chi connectivity index (χ2v) is 7.04. The van der Waals surface area contributed by atoms with Crippen LogP contribution in [-0.2, 0) is 4.79 Å². The standard InChI is InChI=1S/C22H15N3O2S/c23-13-16-5-1-3-7-19(16)27-14-21(26)24-17-11-9-15(10-12-17)22-25-18-6-2-4-8-20(18)28-22/h1-12H,14H2,(H,24,26). The van der Waals surface area contributed by atoms with E-state index in [1.807, 2.05) is 48.5 Å². The summed E-state index contributed by atoms with van der Waals surface area (Å²) in [7, 11) is 0. The molecule has 0 fully saturated rings. The molecule has 0 atom stereocenters. The van der Waals surface area contributed by atoms with Crippen molar-refractivity contribution in [3.8, 4) is 22.4 Å². The zero-order valence-corrected chi connectivity index (χ0v) is 15.6. The summed E-state index contributed by atoms with van der Waals surface area (Å²) in [6, 6.07) is 24.4. The first-order chi connectivity index (χ1) is 13.7. The summed E-state index contributed by atoms with van der Waals surface area (Å²) >= 11 is 1.63. The molecule has 0 aliphatic rings. The number of para-hydroxylation sites is 2. The van der Waals surface area contributed by atoms with Crippen molar-refractivity contribution >= 4 is 33.1 Å². The highest BCUT2D eigenvalue weighted by Gasteiger charge is 2.09. The number of nitriles is 1. The van der Waals surface area contributed by atoms with Crippen LogP contribution in [-0.4, -0.2) is 17.5 Å². The highest BCUT2D eigenvalue weighted by Crippen LogP contribution is 2.30. The van der Waals surface area contributed by atoms with E-state index in [1.54, 1.807) is 35.6 Å². The average molecular weight is 385 g/mol. The smallest absolute Gasteiger partial charge is 0.262 e. The third-order valence-corrected chi connectivity index (χ3v) is 5.16. The lowest BCUT2D eigenvalue weighted by molar-refractivity contribution is -0.118. The van der Waals surface area contributed by atoms with E-state index in [1.165, 1.54) is 0 Å². The molecule has 0 spiro atoms. The molecule has 1 aromatic heterocycles. The van der Waals surface area contributed by atoms with Crippen LogP contribution in [0.15, 0.2) is 72.8 Å². The molecule has 0 bridgehead atoms. The fourth-order valence-electron chi connectivity index (χ4n) is 2.72. The van der Waals surface area contributed by atoms with E-state index in [4.69, 9.17) is 10.00 Å². The maximum Gasteiger partial charge on any atom is 0.262 e. The minimum absolute atomic E-state index is 0.168. The molecule has 4 aromatic rings. The van der Waals surface area contributed by atoms with Gasteiger partial charge in [-0.2, -0.15) is 5.26 Å². The van der Waals surface area contributed by atoms with Gasteiger partial charge in [0.15, 0.2) is 6.61 Å². The van der Waals surface area contributed by atoms with Crippen molar-refractivity contribution < 1.29 is 9.53 Å². The first-order valence-corrected chi connectivity index (χ1v) is 9.42. The summed E-state index contributed by atoms with van der Waals surface area (Å²) in [5.74, 6) is 0.104. The molecule has 5 nitrogen and oxygen atoms in total. The number of hydrogen-bond donors (Lipinski definition) is 1. The van der Waals surface area contributed by atoms with Gasteiger partial charge in [-0.05, 0) is 48.5 Å². The van der Waals surface area contributed by atoms with E-state index in [2.05, 4.69) is 16.4 Å². The molecule has 0 saturated carbocycles. The van der Waals surface area contributed by atoms with Gasteiger partial charge in [0.2, 0.25) is 0 Å². The minimum Gasteiger partial charge on any atom is -0.482 e. The monoisotopic (exact) mass is 385 g/mol. The van der Waals surface area contributed by atoms with Crippen LogP contribution in [0.4, 0.5) is 5.69 Å². The topological polar surface area (TPSA) is 75.0 Å². The van der Waals surface area contributed by atoms with Crippen molar-refractivity contribution in [2.24, 2.45) is 0 Å². The lowest BCUT2D eigenvalue weighted by Crippen LogP contribution is -2.20. The minimum atomic E-state index is -0.291. The molecule has 0 aliphatic carbocycles. The molecule has 136 valence electrons. The molecule has 0 aliphatic heterocycles. The Morgan fingerprint density at radius 3 is 2.57 bits per heavy atom. The number of hydrogen-bond acceptors (Lipinski definition) is 5. The quantitative estimate of drug-likeness (QED) is 0.533. The molecular formula is C22H15N3O2S. The van der Waals surface area contributed by atoms with Crippen molar-refractivity contribution in [3.63, 3.8) is 0 Å². The fourth-order valence-corrected chi connectivity index (χ4v) is 3.69. The number of rotatable bonds is 5. The van der Waals surface area contributed by atoms with Crippen LogP contribution in [0.3, 0.4) is 0 Å². The summed E-state index contributed by atoms with van der Waals surface area (Å²) in [6.07, 6.45) is 0. The average Bonchev–Trinajstić information content (AvgIpc) is 3.17. The molecule has 6 heteroatoms. The van der Waals surface area contributed by atoms with Crippen LogP contribution >= 0.6 is 11.3 Å². The zero-order valence-electron chi connectivity index (χ0n) is 14.8. The number of thiazole rings is 1. The fraction of sp³-hybridized carbons (Fsp3) is 0.0455. The number of benzene rings is 3. The van der Waals surface area contributed by atoms with Gasteiger partial charge in [-0.15, -0.1) is 11.3 Å².